The first-order valence-corrected chi connectivity index (χ1v) is 6.44. The van der Waals surface area contributed by atoms with Crippen LogP contribution in [-0.4, -0.2) is 27.0 Å². The topological polar surface area (TPSA) is 109 Å². The molecule has 0 radical (unpaired) electrons. The molecule has 21 heavy (non-hydrogen) atoms. The molecule has 0 unspecified atom stereocenters. The molecule has 0 aliphatic rings. The Labute approximate surface area is 121 Å². The molecule has 112 valence electrons. The summed E-state index contributed by atoms with van der Waals surface area (Å²) >= 11 is 0. The summed E-state index contributed by atoms with van der Waals surface area (Å²) in [6.07, 6.45) is 0. The number of aromatic nitrogens is 3. The van der Waals surface area contributed by atoms with E-state index in [1.807, 2.05) is 13.8 Å². The Morgan fingerprint density at radius 1 is 1.48 bits per heavy atom. The Balaban J connectivity index is 2.43. The van der Waals surface area contributed by atoms with Crippen molar-refractivity contribution < 1.29 is 9.66 Å². The second-order valence-electron chi connectivity index (χ2n) is 4.93. The number of nitrogens with zero attached hydrogens (tertiary/aromatic N) is 4. The van der Waals surface area contributed by atoms with E-state index in [4.69, 9.17) is 10.5 Å². The smallest absolute Gasteiger partial charge is 0.270 e. The quantitative estimate of drug-likeness (QED) is 0.666. The molecule has 1 aromatic carbocycles. The van der Waals surface area contributed by atoms with E-state index in [1.54, 1.807) is 10.7 Å². The standard InChI is InChI=1S/C13H17N5O3/c1-8(2)12-13(14)15-16-17(12)7-9-6-10(18(19)20)4-5-11(9)21-3/h4-6,8H,7,14H2,1-3H3. The average molecular weight is 291 g/mol. The van der Waals surface area contributed by atoms with Gasteiger partial charge >= 0.3 is 0 Å². The van der Waals surface area contributed by atoms with Crippen molar-refractivity contribution >= 4 is 11.5 Å². The summed E-state index contributed by atoms with van der Waals surface area (Å²) < 4.78 is 6.88. The van der Waals surface area contributed by atoms with E-state index in [0.29, 0.717) is 23.7 Å². The van der Waals surface area contributed by atoms with Crippen molar-refractivity contribution in [3.05, 3.63) is 39.6 Å². The van der Waals surface area contributed by atoms with Crippen LogP contribution in [0.4, 0.5) is 11.5 Å². The fourth-order valence-electron chi connectivity index (χ4n) is 2.21. The van der Waals surface area contributed by atoms with Gasteiger partial charge in [-0.1, -0.05) is 19.1 Å². The highest BCUT2D eigenvalue weighted by atomic mass is 16.6. The number of nitro groups is 1. The van der Waals surface area contributed by atoms with Crippen LogP contribution in [0, 0.1) is 10.1 Å². The minimum Gasteiger partial charge on any atom is -0.496 e. The fourth-order valence-corrected chi connectivity index (χ4v) is 2.21. The molecule has 0 saturated heterocycles. The van der Waals surface area contributed by atoms with Gasteiger partial charge < -0.3 is 10.5 Å². The third-order valence-corrected chi connectivity index (χ3v) is 3.14. The van der Waals surface area contributed by atoms with E-state index in [1.165, 1.54) is 19.2 Å². The van der Waals surface area contributed by atoms with E-state index < -0.39 is 4.92 Å². The van der Waals surface area contributed by atoms with Gasteiger partial charge in [0.1, 0.15) is 5.75 Å². The number of rotatable bonds is 5. The number of benzene rings is 1. The molecule has 0 fully saturated rings. The number of nitrogen functional groups attached to an aromatic ring is 1. The molecule has 0 aliphatic heterocycles. The lowest BCUT2D eigenvalue weighted by atomic mass is 10.1. The molecule has 8 heteroatoms. The number of non-ortho nitro benzene ring substituents is 1. The summed E-state index contributed by atoms with van der Waals surface area (Å²) in [5.74, 6) is 1.07. The zero-order valence-electron chi connectivity index (χ0n) is 12.1. The van der Waals surface area contributed by atoms with Gasteiger partial charge in [-0.2, -0.15) is 0 Å². The van der Waals surface area contributed by atoms with E-state index in [0.717, 1.165) is 5.69 Å². The molecule has 0 atom stereocenters. The molecule has 2 aromatic rings. The number of hydrogen-bond donors (Lipinski definition) is 1. The number of anilines is 1. The molecule has 1 heterocycles. The van der Waals surface area contributed by atoms with Gasteiger partial charge in [-0.05, 0) is 12.0 Å². The summed E-state index contributed by atoms with van der Waals surface area (Å²) in [5.41, 5.74) is 7.26. The van der Waals surface area contributed by atoms with Crippen LogP contribution in [0.15, 0.2) is 18.2 Å². The van der Waals surface area contributed by atoms with Crippen LogP contribution in [0.5, 0.6) is 5.75 Å². The lowest BCUT2D eigenvalue weighted by molar-refractivity contribution is -0.384. The second kappa shape index (κ2) is 5.78. The molecule has 0 amide bonds. The number of methoxy groups -OCH3 is 1. The highest BCUT2D eigenvalue weighted by Crippen LogP contribution is 2.27. The first-order valence-electron chi connectivity index (χ1n) is 6.44. The maximum atomic E-state index is 10.9. The van der Waals surface area contributed by atoms with E-state index in [2.05, 4.69) is 10.3 Å². The minimum atomic E-state index is -0.442. The molecule has 1 aromatic heterocycles. The van der Waals surface area contributed by atoms with Crippen LogP contribution in [-0.2, 0) is 6.54 Å². The van der Waals surface area contributed by atoms with Crippen molar-refractivity contribution in [1.82, 2.24) is 15.0 Å². The lowest BCUT2D eigenvalue weighted by Gasteiger charge is -2.12. The fraction of sp³-hybridized carbons (Fsp3) is 0.385. The lowest BCUT2D eigenvalue weighted by Crippen LogP contribution is -2.10. The van der Waals surface area contributed by atoms with Crippen LogP contribution in [0.25, 0.3) is 0 Å². The van der Waals surface area contributed by atoms with Gasteiger partial charge in [0, 0.05) is 17.7 Å². The Kier molecular flexibility index (Phi) is 4.06. The van der Waals surface area contributed by atoms with Crippen molar-refractivity contribution in [1.29, 1.82) is 0 Å². The molecule has 0 aliphatic carbocycles. The third kappa shape index (κ3) is 2.93. The van der Waals surface area contributed by atoms with Crippen LogP contribution in [0.3, 0.4) is 0 Å². The predicted octanol–water partition coefficient (Wildman–Crippen LogP) is 1.95. The highest BCUT2D eigenvalue weighted by Gasteiger charge is 2.17. The molecular weight excluding hydrogens is 274 g/mol. The summed E-state index contributed by atoms with van der Waals surface area (Å²) in [5, 5.41) is 18.8. The predicted molar refractivity (Wildman–Crippen MR) is 77.3 cm³/mol. The summed E-state index contributed by atoms with van der Waals surface area (Å²) in [7, 11) is 1.52. The molecule has 0 saturated carbocycles. The molecular formula is C13H17N5O3. The third-order valence-electron chi connectivity index (χ3n) is 3.14. The number of nitro benzene ring substituents is 1. The minimum absolute atomic E-state index is 0.00461. The number of hydrogen-bond acceptors (Lipinski definition) is 6. The largest absolute Gasteiger partial charge is 0.496 e. The highest BCUT2D eigenvalue weighted by molar-refractivity contribution is 5.44. The van der Waals surface area contributed by atoms with Gasteiger partial charge in [-0.3, -0.25) is 10.1 Å². The van der Waals surface area contributed by atoms with Crippen molar-refractivity contribution in [2.75, 3.05) is 12.8 Å². The van der Waals surface area contributed by atoms with Gasteiger partial charge in [-0.15, -0.1) is 5.10 Å². The first-order chi connectivity index (χ1) is 9.93. The summed E-state index contributed by atoms with van der Waals surface area (Å²) in [6.45, 7) is 4.27. The van der Waals surface area contributed by atoms with Crippen LogP contribution >= 0.6 is 0 Å². The maximum absolute atomic E-state index is 10.9. The Morgan fingerprint density at radius 2 is 2.19 bits per heavy atom. The van der Waals surface area contributed by atoms with Crippen molar-refractivity contribution in [3.63, 3.8) is 0 Å². The normalized spacial score (nSPS) is 10.9. The Bertz CT molecular complexity index is 666. The number of ether oxygens (including phenoxy) is 1. The van der Waals surface area contributed by atoms with Crippen LogP contribution in [0.1, 0.15) is 31.0 Å². The average Bonchev–Trinajstić information content (AvgIpc) is 2.79. The maximum Gasteiger partial charge on any atom is 0.270 e. The molecule has 2 rings (SSSR count). The molecule has 0 spiro atoms. The van der Waals surface area contributed by atoms with Gasteiger partial charge in [0.15, 0.2) is 5.82 Å². The summed E-state index contributed by atoms with van der Waals surface area (Å²) in [6, 6.07) is 4.45. The van der Waals surface area contributed by atoms with Crippen molar-refractivity contribution in [2.24, 2.45) is 0 Å². The van der Waals surface area contributed by atoms with Gasteiger partial charge in [0.2, 0.25) is 0 Å². The van der Waals surface area contributed by atoms with Crippen LogP contribution in [0.2, 0.25) is 0 Å². The van der Waals surface area contributed by atoms with Crippen LogP contribution < -0.4 is 10.5 Å². The molecule has 2 N–H and O–H groups in total. The number of nitrogens with two attached hydrogens (primary N) is 1. The molecule has 8 nitrogen and oxygen atoms in total. The van der Waals surface area contributed by atoms with E-state index in [-0.39, 0.29) is 11.6 Å². The van der Waals surface area contributed by atoms with Crippen molar-refractivity contribution in [3.8, 4) is 5.75 Å². The zero-order valence-corrected chi connectivity index (χ0v) is 12.1. The van der Waals surface area contributed by atoms with Crippen molar-refractivity contribution in [2.45, 2.75) is 26.3 Å². The first kappa shape index (κ1) is 14.8. The van der Waals surface area contributed by atoms with Gasteiger partial charge in [0.05, 0.1) is 24.3 Å². The summed E-state index contributed by atoms with van der Waals surface area (Å²) in [4.78, 5) is 10.5. The Hall–Kier alpha value is -2.64. The van der Waals surface area contributed by atoms with Gasteiger partial charge in [0.25, 0.3) is 5.69 Å². The SMILES string of the molecule is COc1ccc([N+](=O)[O-])cc1Cn1nnc(N)c1C(C)C. The zero-order chi connectivity index (χ0) is 15.6. The van der Waals surface area contributed by atoms with E-state index in [9.17, 15) is 10.1 Å². The van der Waals surface area contributed by atoms with E-state index >= 15 is 0 Å². The monoisotopic (exact) mass is 291 g/mol. The molecule has 0 bridgehead atoms. The van der Waals surface area contributed by atoms with Gasteiger partial charge in [-0.25, -0.2) is 4.68 Å². The second-order valence-corrected chi connectivity index (χ2v) is 4.93. The Morgan fingerprint density at radius 3 is 2.76 bits per heavy atom.